The summed E-state index contributed by atoms with van der Waals surface area (Å²) in [5.41, 5.74) is 2.19. The summed E-state index contributed by atoms with van der Waals surface area (Å²) in [6.45, 7) is 4.71. The molecule has 0 aromatic heterocycles. The Morgan fingerprint density at radius 2 is 1.70 bits per heavy atom. The molecule has 1 aliphatic rings. The van der Waals surface area contributed by atoms with Crippen LogP contribution >= 0.6 is 15.9 Å². The molecule has 0 atom stereocenters. The number of hydrogen-bond acceptors (Lipinski definition) is 5. The van der Waals surface area contributed by atoms with Gasteiger partial charge in [-0.15, -0.1) is 0 Å². The van der Waals surface area contributed by atoms with Crippen LogP contribution in [0.25, 0.3) is 6.08 Å². The van der Waals surface area contributed by atoms with Gasteiger partial charge in [0.2, 0.25) is 0 Å². The minimum absolute atomic E-state index is 0.0330. The number of nitrogens with zero attached hydrogens (tertiary/aromatic N) is 3. The van der Waals surface area contributed by atoms with Crippen LogP contribution in [0.2, 0.25) is 0 Å². The first-order valence-electron chi connectivity index (χ1n) is 12.0. The molecule has 0 spiro atoms. The molecule has 0 saturated carbocycles. The third kappa shape index (κ3) is 6.49. The lowest BCUT2D eigenvalue weighted by molar-refractivity contribution is -0.126. The summed E-state index contributed by atoms with van der Waals surface area (Å²) in [5.74, 6) is 0.214. The highest BCUT2D eigenvalue weighted by Gasteiger charge is 2.24. The standard InChI is InChI=1S/C29H27BrFN3O3/c1-2-36-27-17-22(25(30)18-28(27)37-20-21-8-6-7-11-26(21)31)16-23(19-32)29(35)34-14-12-33(13-15-34)24-9-4-3-5-10-24/h3-11,16-18H,2,12-15,20H2,1H3/b23-16-. The molecule has 1 aliphatic heterocycles. The zero-order valence-corrected chi connectivity index (χ0v) is 22.1. The van der Waals surface area contributed by atoms with Crippen LogP contribution in [0.5, 0.6) is 11.5 Å². The summed E-state index contributed by atoms with van der Waals surface area (Å²) in [6.07, 6.45) is 1.55. The third-order valence-corrected chi connectivity index (χ3v) is 6.73. The van der Waals surface area contributed by atoms with Crippen LogP contribution in [0.1, 0.15) is 18.1 Å². The number of hydrogen-bond donors (Lipinski definition) is 0. The molecule has 0 unspecified atom stereocenters. The molecule has 1 saturated heterocycles. The average molecular weight is 564 g/mol. The van der Waals surface area contributed by atoms with E-state index < -0.39 is 0 Å². The highest BCUT2D eigenvalue weighted by Crippen LogP contribution is 2.35. The summed E-state index contributed by atoms with van der Waals surface area (Å²) >= 11 is 3.51. The van der Waals surface area contributed by atoms with Gasteiger partial charge in [-0.25, -0.2) is 4.39 Å². The Morgan fingerprint density at radius 3 is 2.38 bits per heavy atom. The van der Waals surface area contributed by atoms with Gasteiger partial charge in [-0.3, -0.25) is 4.79 Å². The Balaban J connectivity index is 1.50. The summed E-state index contributed by atoms with van der Waals surface area (Å²) in [4.78, 5) is 17.1. The Kier molecular flexibility index (Phi) is 8.81. The van der Waals surface area contributed by atoms with E-state index in [0.29, 0.717) is 59.9 Å². The molecule has 4 rings (SSSR count). The van der Waals surface area contributed by atoms with Gasteiger partial charge in [-0.05, 0) is 48.9 Å². The van der Waals surface area contributed by atoms with Crippen LogP contribution < -0.4 is 14.4 Å². The maximum absolute atomic E-state index is 14.0. The Morgan fingerprint density at radius 1 is 1.03 bits per heavy atom. The van der Waals surface area contributed by atoms with E-state index in [9.17, 15) is 14.4 Å². The van der Waals surface area contributed by atoms with Gasteiger partial charge in [0.05, 0.1) is 6.61 Å². The van der Waals surface area contributed by atoms with Crippen molar-refractivity contribution in [2.45, 2.75) is 13.5 Å². The Bertz CT molecular complexity index is 1320. The minimum Gasteiger partial charge on any atom is -0.490 e. The summed E-state index contributed by atoms with van der Waals surface area (Å²) in [7, 11) is 0. The number of carbonyl (C=O) groups is 1. The number of para-hydroxylation sites is 1. The molecule has 1 heterocycles. The number of ether oxygens (including phenoxy) is 2. The number of rotatable bonds is 8. The lowest BCUT2D eigenvalue weighted by Gasteiger charge is -2.36. The second-order valence-electron chi connectivity index (χ2n) is 8.42. The molecule has 0 aliphatic carbocycles. The number of amides is 1. The van der Waals surface area contributed by atoms with E-state index in [1.807, 2.05) is 25.1 Å². The van der Waals surface area contributed by atoms with Gasteiger partial charge in [-0.2, -0.15) is 5.26 Å². The van der Waals surface area contributed by atoms with E-state index >= 15 is 0 Å². The lowest BCUT2D eigenvalue weighted by atomic mass is 10.1. The van der Waals surface area contributed by atoms with Crippen LogP contribution in [-0.2, 0) is 11.4 Å². The zero-order valence-electron chi connectivity index (χ0n) is 20.5. The number of halogens is 2. The van der Waals surface area contributed by atoms with Gasteiger partial charge in [0.1, 0.15) is 24.1 Å². The maximum Gasteiger partial charge on any atom is 0.264 e. The molecule has 1 fully saturated rings. The van der Waals surface area contributed by atoms with E-state index in [1.54, 1.807) is 41.3 Å². The minimum atomic E-state index is -0.346. The molecule has 3 aromatic rings. The molecular formula is C29H27BrFN3O3. The molecule has 0 N–H and O–H groups in total. The summed E-state index contributed by atoms with van der Waals surface area (Å²) in [5, 5.41) is 9.79. The topological polar surface area (TPSA) is 65.8 Å². The van der Waals surface area contributed by atoms with Crippen LogP contribution in [0.4, 0.5) is 10.1 Å². The second-order valence-corrected chi connectivity index (χ2v) is 9.27. The quantitative estimate of drug-likeness (QED) is 0.255. The first-order chi connectivity index (χ1) is 18.0. The number of nitriles is 1. The molecule has 6 nitrogen and oxygen atoms in total. The first kappa shape index (κ1) is 26.2. The molecule has 0 radical (unpaired) electrons. The van der Waals surface area contributed by atoms with Gasteiger partial charge >= 0.3 is 0 Å². The predicted molar refractivity (Wildman–Crippen MR) is 145 cm³/mol. The van der Waals surface area contributed by atoms with Gasteiger partial charge in [0, 0.05) is 41.9 Å². The normalized spacial score (nSPS) is 13.7. The molecule has 0 bridgehead atoms. The third-order valence-electron chi connectivity index (χ3n) is 6.04. The van der Waals surface area contributed by atoms with Crippen molar-refractivity contribution >= 4 is 33.6 Å². The van der Waals surface area contributed by atoms with E-state index in [1.165, 1.54) is 6.07 Å². The molecule has 1 amide bonds. The van der Waals surface area contributed by atoms with Crippen molar-refractivity contribution in [3.05, 3.63) is 93.7 Å². The summed E-state index contributed by atoms with van der Waals surface area (Å²) in [6, 6.07) is 22.0. The fourth-order valence-corrected chi connectivity index (χ4v) is 4.52. The Hall–Kier alpha value is -3.83. The number of piperazine rings is 1. The maximum atomic E-state index is 14.0. The number of anilines is 1. The molecule has 8 heteroatoms. The molecule has 37 heavy (non-hydrogen) atoms. The van der Waals surface area contributed by atoms with Crippen molar-refractivity contribution in [3.63, 3.8) is 0 Å². The largest absolute Gasteiger partial charge is 0.490 e. The van der Waals surface area contributed by atoms with Gasteiger partial charge < -0.3 is 19.3 Å². The highest BCUT2D eigenvalue weighted by molar-refractivity contribution is 9.10. The number of benzene rings is 3. The van der Waals surface area contributed by atoms with Crippen molar-refractivity contribution in [2.75, 3.05) is 37.7 Å². The van der Waals surface area contributed by atoms with Crippen LogP contribution in [0.15, 0.2) is 76.8 Å². The van der Waals surface area contributed by atoms with Crippen molar-refractivity contribution in [3.8, 4) is 17.6 Å². The van der Waals surface area contributed by atoms with E-state index in [0.717, 1.165) is 5.69 Å². The van der Waals surface area contributed by atoms with Gasteiger partial charge in [-0.1, -0.05) is 52.3 Å². The molecular weight excluding hydrogens is 537 g/mol. The first-order valence-corrected chi connectivity index (χ1v) is 12.8. The second kappa shape index (κ2) is 12.4. The van der Waals surface area contributed by atoms with Crippen LogP contribution in [0, 0.1) is 17.1 Å². The van der Waals surface area contributed by atoms with Gasteiger partial charge in [0.25, 0.3) is 5.91 Å². The zero-order chi connectivity index (χ0) is 26.2. The van der Waals surface area contributed by atoms with Crippen molar-refractivity contribution in [2.24, 2.45) is 0 Å². The monoisotopic (exact) mass is 563 g/mol. The molecule has 190 valence electrons. The highest BCUT2D eigenvalue weighted by atomic mass is 79.9. The molecule has 3 aromatic carbocycles. The average Bonchev–Trinajstić information content (AvgIpc) is 2.93. The SMILES string of the molecule is CCOc1cc(/C=C(/C#N)C(=O)N2CCN(c3ccccc3)CC2)c(Br)cc1OCc1ccccc1F. The number of carbonyl (C=O) groups excluding carboxylic acids is 1. The van der Waals surface area contributed by atoms with Crippen molar-refractivity contribution in [1.82, 2.24) is 4.90 Å². The van der Waals surface area contributed by atoms with Gasteiger partial charge in [0.15, 0.2) is 11.5 Å². The van der Waals surface area contributed by atoms with E-state index in [4.69, 9.17) is 9.47 Å². The predicted octanol–water partition coefficient (Wildman–Crippen LogP) is 5.82. The Labute approximate surface area is 224 Å². The fraction of sp³-hybridized carbons (Fsp3) is 0.241. The van der Waals surface area contributed by atoms with Crippen molar-refractivity contribution in [1.29, 1.82) is 5.26 Å². The van der Waals surface area contributed by atoms with Crippen LogP contribution in [-0.4, -0.2) is 43.6 Å². The lowest BCUT2D eigenvalue weighted by Crippen LogP contribution is -2.49. The fourth-order valence-electron chi connectivity index (χ4n) is 4.09. The van der Waals surface area contributed by atoms with E-state index in [-0.39, 0.29) is 23.9 Å². The summed E-state index contributed by atoms with van der Waals surface area (Å²) < 4.78 is 26.2. The van der Waals surface area contributed by atoms with Crippen LogP contribution in [0.3, 0.4) is 0 Å². The van der Waals surface area contributed by atoms with Crippen molar-refractivity contribution < 1.29 is 18.7 Å². The smallest absolute Gasteiger partial charge is 0.264 e. The van der Waals surface area contributed by atoms with E-state index in [2.05, 4.69) is 39.0 Å².